The molecule has 3 rings (SSSR count). The molecule has 2 aromatic rings. The van der Waals surface area contributed by atoms with Crippen molar-refractivity contribution >= 4 is 16.9 Å². The number of aromatic nitrogens is 1. The molecule has 0 aliphatic carbocycles. The molecule has 2 heterocycles. The maximum absolute atomic E-state index is 11.4. The summed E-state index contributed by atoms with van der Waals surface area (Å²) < 4.78 is 10.0. The van der Waals surface area contributed by atoms with Crippen LogP contribution in [0.15, 0.2) is 18.2 Å². The Bertz CT molecular complexity index is 632. The maximum Gasteiger partial charge on any atom is 0.339 e. The molecule has 0 spiro atoms. The normalized spacial score (nSPS) is 16.1. The van der Waals surface area contributed by atoms with Crippen LogP contribution in [0, 0.1) is 0 Å². The van der Waals surface area contributed by atoms with E-state index >= 15 is 0 Å². The summed E-state index contributed by atoms with van der Waals surface area (Å²) >= 11 is 0. The number of aliphatic hydroxyl groups is 1. The number of aromatic amines is 1. The van der Waals surface area contributed by atoms with Crippen molar-refractivity contribution in [2.75, 3.05) is 13.7 Å². The number of carbonyl (C=O) groups excluding carboxylic acids is 1. The van der Waals surface area contributed by atoms with Gasteiger partial charge in [0, 0.05) is 28.6 Å². The van der Waals surface area contributed by atoms with Gasteiger partial charge in [0.05, 0.1) is 20.3 Å². The third-order valence-electron chi connectivity index (χ3n) is 3.50. The lowest BCUT2D eigenvalue weighted by molar-refractivity contribution is -0.150. The molecular weight excluding hydrogens is 246 g/mol. The highest BCUT2D eigenvalue weighted by Crippen LogP contribution is 2.29. The van der Waals surface area contributed by atoms with Crippen LogP contribution in [0.4, 0.5) is 0 Å². The van der Waals surface area contributed by atoms with Gasteiger partial charge in [0.1, 0.15) is 0 Å². The van der Waals surface area contributed by atoms with Crippen molar-refractivity contribution in [3.05, 3.63) is 35.0 Å². The predicted octanol–water partition coefficient (Wildman–Crippen LogP) is 1.45. The van der Waals surface area contributed by atoms with Crippen molar-refractivity contribution in [2.45, 2.75) is 19.1 Å². The number of aliphatic hydroxyl groups excluding tert-OH is 1. The number of carbonyl (C=O) groups is 1. The molecular formula is C14H15NO4. The Morgan fingerprint density at radius 1 is 1.53 bits per heavy atom. The molecule has 100 valence electrons. The zero-order chi connectivity index (χ0) is 13.4. The van der Waals surface area contributed by atoms with Crippen molar-refractivity contribution in [2.24, 2.45) is 0 Å². The topological polar surface area (TPSA) is 71.5 Å². The second kappa shape index (κ2) is 4.68. The number of methoxy groups -OCH3 is 1. The Labute approximate surface area is 110 Å². The van der Waals surface area contributed by atoms with E-state index in [1.165, 1.54) is 12.8 Å². The van der Waals surface area contributed by atoms with Crippen molar-refractivity contribution in [1.29, 1.82) is 0 Å². The van der Waals surface area contributed by atoms with Crippen LogP contribution in [0.3, 0.4) is 0 Å². The minimum Gasteiger partial charge on any atom is -0.467 e. The largest absolute Gasteiger partial charge is 0.467 e. The number of fused-ring (bicyclic) bond motifs is 3. The van der Waals surface area contributed by atoms with Gasteiger partial charge in [-0.15, -0.1) is 0 Å². The van der Waals surface area contributed by atoms with Crippen molar-refractivity contribution < 1.29 is 19.4 Å². The molecule has 1 aromatic carbocycles. The first kappa shape index (κ1) is 12.2. The molecule has 0 radical (unpaired) electrons. The highest BCUT2D eigenvalue weighted by Gasteiger charge is 2.21. The maximum atomic E-state index is 11.4. The Hall–Kier alpha value is -1.85. The third kappa shape index (κ3) is 2.01. The van der Waals surface area contributed by atoms with E-state index in [2.05, 4.69) is 9.72 Å². The minimum atomic E-state index is -1.25. The predicted molar refractivity (Wildman–Crippen MR) is 68.6 cm³/mol. The molecule has 5 nitrogen and oxygen atoms in total. The van der Waals surface area contributed by atoms with Gasteiger partial charge in [-0.2, -0.15) is 0 Å². The number of rotatable bonds is 2. The summed E-state index contributed by atoms with van der Waals surface area (Å²) in [4.78, 5) is 14.7. The van der Waals surface area contributed by atoms with Gasteiger partial charge in [-0.1, -0.05) is 6.07 Å². The van der Waals surface area contributed by atoms with Crippen LogP contribution in [0.5, 0.6) is 0 Å². The standard InChI is InChI=1S/C14H15NO4/c1-18-14(17)13(16)8-2-3-11-9(6-8)10-7-19-5-4-12(10)15-11/h2-3,6,13,15-16H,4-5,7H2,1H3. The van der Waals surface area contributed by atoms with E-state index in [9.17, 15) is 9.90 Å². The van der Waals surface area contributed by atoms with E-state index in [-0.39, 0.29) is 0 Å². The van der Waals surface area contributed by atoms with Gasteiger partial charge in [-0.25, -0.2) is 4.79 Å². The summed E-state index contributed by atoms with van der Waals surface area (Å²) in [6.45, 7) is 1.28. The van der Waals surface area contributed by atoms with Crippen LogP contribution >= 0.6 is 0 Å². The number of H-pyrrole nitrogens is 1. The van der Waals surface area contributed by atoms with E-state index in [0.717, 1.165) is 29.5 Å². The van der Waals surface area contributed by atoms with Gasteiger partial charge in [0.2, 0.25) is 0 Å². The quantitative estimate of drug-likeness (QED) is 0.803. The summed E-state index contributed by atoms with van der Waals surface area (Å²) in [5.74, 6) is -0.653. The smallest absolute Gasteiger partial charge is 0.339 e. The second-order valence-corrected chi connectivity index (χ2v) is 4.62. The zero-order valence-electron chi connectivity index (χ0n) is 10.6. The Balaban J connectivity index is 2.07. The first-order valence-electron chi connectivity index (χ1n) is 6.17. The van der Waals surface area contributed by atoms with E-state index in [4.69, 9.17) is 4.74 Å². The van der Waals surface area contributed by atoms with E-state index < -0.39 is 12.1 Å². The van der Waals surface area contributed by atoms with Gasteiger partial charge in [0.25, 0.3) is 0 Å². The van der Waals surface area contributed by atoms with Gasteiger partial charge >= 0.3 is 5.97 Å². The van der Waals surface area contributed by atoms with Crippen LogP contribution in [0.2, 0.25) is 0 Å². The summed E-state index contributed by atoms with van der Waals surface area (Å²) in [5.41, 5.74) is 3.81. The fraction of sp³-hybridized carbons (Fsp3) is 0.357. The van der Waals surface area contributed by atoms with E-state index in [1.54, 1.807) is 6.07 Å². The molecule has 0 amide bonds. The number of ether oxygens (including phenoxy) is 2. The number of benzene rings is 1. The molecule has 0 bridgehead atoms. The highest BCUT2D eigenvalue weighted by atomic mass is 16.5. The summed E-state index contributed by atoms with van der Waals surface area (Å²) in [6.07, 6.45) is -0.386. The van der Waals surface area contributed by atoms with Gasteiger partial charge in [0.15, 0.2) is 6.10 Å². The average molecular weight is 261 g/mol. The molecule has 1 unspecified atom stereocenters. The van der Waals surface area contributed by atoms with Crippen LogP contribution in [0.25, 0.3) is 10.9 Å². The monoisotopic (exact) mass is 261 g/mol. The Kier molecular flexibility index (Phi) is 3.00. The SMILES string of the molecule is COC(=O)C(O)c1ccc2[nH]c3c(c2c1)COCC3. The molecule has 1 aliphatic heterocycles. The summed E-state index contributed by atoms with van der Waals surface area (Å²) in [5, 5.41) is 10.9. The minimum absolute atomic E-state index is 0.534. The van der Waals surface area contributed by atoms with Gasteiger partial charge < -0.3 is 19.6 Å². The lowest BCUT2D eigenvalue weighted by atomic mass is 10.0. The molecule has 0 saturated carbocycles. The van der Waals surface area contributed by atoms with Crippen LogP contribution in [0.1, 0.15) is 22.9 Å². The second-order valence-electron chi connectivity index (χ2n) is 4.62. The van der Waals surface area contributed by atoms with Crippen molar-refractivity contribution in [3.63, 3.8) is 0 Å². The van der Waals surface area contributed by atoms with Crippen LogP contribution in [-0.2, 0) is 27.3 Å². The number of hydrogen-bond acceptors (Lipinski definition) is 4. The lowest BCUT2D eigenvalue weighted by Crippen LogP contribution is -2.13. The average Bonchev–Trinajstić information content (AvgIpc) is 2.83. The molecule has 19 heavy (non-hydrogen) atoms. The third-order valence-corrected chi connectivity index (χ3v) is 3.50. The number of esters is 1. The fourth-order valence-corrected chi connectivity index (χ4v) is 2.47. The molecule has 0 fully saturated rings. The fourth-order valence-electron chi connectivity index (χ4n) is 2.47. The van der Waals surface area contributed by atoms with E-state index in [1.807, 2.05) is 12.1 Å². The molecule has 1 aromatic heterocycles. The molecule has 0 saturated heterocycles. The first-order chi connectivity index (χ1) is 9.20. The summed E-state index contributed by atoms with van der Waals surface area (Å²) in [6, 6.07) is 5.42. The highest BCUT2D eigenvalue weighted by molar-refractivity contribution is 5.87. The Morgan fingerprint density at radius 2 is 2.37 bits per heavy atom. The lowest BCUT2D eigenvalue weighted by Gasteiger charge is -2.12. The zero-order valence-corrected chi connectivity index (χ0v) is 10.6. The van der Waals surface area contributed by atoms with Crippen molar-refractivity contribution in [3.8, 4) is 0 Å². The molecule has 5 heteroatoms. The number of nitrogens with one attached hydrogen (secondary N) is 1. The molecule has 2 N–H and O–H groups in total. The Morgan fingerprint density at radius 3 is 3.16 bits per heavy atom. The van der Waals surface area contributed by atoms with Crippen LogP contribution < -0.4 is 0 Å². The van der Waals surface area contributed by atoms with E-state index in [0.29, 0.717) is 12.2 Å². The van der Waals surface area contributed by atoms with Gasteiger partial charge in [-0.05, 0) is 17.7 Å². The first-order valence-corrected chi connectivity index (χ1v) is 6.17. The molecule has 1 aliphatic rings. The van der Waals surface area contributed by atoms with Crippen LogP contribution in [-0.4, -0.2) is 29.8 Å². The summed E-state index contributed by atoms with van der Waals surface area (Å²) in [7, 11) is 1.26. The molecule has 1 atom stereocenters. The van der Waals surface area contributed by atoms with Gasteiger partial charge in [-0.3, -0.25) is 0 Å². The number of hydrogen-bond donors (Lipinski definition) is 2. The van der Waals surface area contributed by atoms with Crippen molar-refractivity contribution in [1.82, 2.24) is 4.98 Å².